The summed E-state index contributed by atoms with van der Waals surface area (Å²) in [6.07, 6.45) is 3.91. The van der Waals surface area contributed by atoms with Gasteiger partial charge in [-0.05, 0) is 13.0 Å². The van der Waals surface area contributed by atoms with Crippen molar-refractivity contribution in [2.75, 3.05) is 13.7 Å². The molecule has 0 unspecified atom stereocenters. The van der Waals surface area contributed by atoms with Crippen molar-refractivity contribution in [2.45, 2.75) is 13.0 Å². The summed E-state index contributed by atoms with van der Waals surface area (Å²) in [4.78, 5) is 15.0. The predicted molar refractivity (Wildman–Crippen MR) is 47.2 cm³/mol. The number of hydrogen-bond donors (Lipinski definition) is 1. The number of nitrogens with two attached hydrogens (primary N) is 1. The fourth-order valence-electron chi connectivity index (χ4n) is 1.04. The molecule has 0 bridgehead atoms. The van der Waals surface area contributed by atoms with Gasteiger partial charge in [-0.2, -0.15) is 0 Å². The third-order valence-corrected chi connectivity index (χ3v) is 1.71. The second-order valence-corrected chi connectivity index (χ2v) is 2.61. The minimum Gasteiger partial charge on any atom is -0.464 e. The molecule has 1 aromatic heterocycles. The van der Waals surface area contributed by atoms with Crippen LogP contribution in [0, 0.1) is 0 Å². The van der Waals surface area contributed by atoms with Crippen LogP contribution >= 0.6 is 0 Å². The van der Waals surface area contributed by atoms with Crippen LogP contribution in [0.2, 0.25) is 0 Å². The Bertz CT molecular complexity index is 283. The van der Waals surface area contributed by atoms with Crippen LogP contribution in [0.5, 0.6) is 0 Å². The Morgan fingerprint density at radius 1 is 1.77 bits per heavy atom. The molecule has 5 nitrogen and oxygen atoms in total. The van der Waals surface area contributed by atoms with E-state index in [-0.39, 0.29) is 5.97 Å². The first-order valence-corrected chi connectivity index (χ1v) is 4.08. The molecule has 72 valence electrons. The molecule has 1 heterocycles. The largest absolute Gasteiger partial charge is 0.464 e. The first-order valence-electron chi connectivity index (χ1n) is 4.08. The van der Waals surface area contributed by atoms with Crippen molar-refractivity contribution in [2.24, 2.45) is 5.73 Å². The van der Waals surface area contributed by atoms with Crippen molar-refractivity contribution in [3.8, 4) is 0 Å². The predicted octanol–water partition coefficient (Wildman–Crippen LogP) is 0.0185. The van der Waals surface area contributed by atoms with E-state index in [1.165, 1.54) is 13.3 Å². The molecular formula is C8H13N3O2. The zero-order chi connectivity index (χ0) is 9.68. The standard InChI is InChI=1S/C8H13N3O2/c1-13-8(12)7-5-10-6-11(7)4-2-3-9/h5-6H,2-4,9H2,1H3. The number of hydrogen-bond acceptors (Lipinski definition) is 4. The lowest BCUT2D eigenvalue weighted by molar-refractivity contribution is 0.0588. The van der Waals surface area contributed by atoms with E-state index < -0.39 is 0 Å². The third-order valence-electron chi connectivity index (χ3n) is 1.71. The quantitative estimate of drug-likeness (QED) is 0.668. The fraction of sp³-hybridized carbons (Fsp3) is 0.500. The zero-order valence-corrected chi connectivity index (χ0v) is 7.56. The second kappa shape index (κ2) is 4.61. The number of aryl methyl sites for hydroxylation is 1. The summed E-state index contributed by atoms with van der Waals surface area (Å²) in [7, 11) is 1.35. The molecule has 0 aliphatic rings. The molecule has 0 aliphatic heterocycles. The van der Waals surface area contributed by atoms with E-state index in [4.69, 9.17) is 5.73 Å². The molecule has 0 spiro atoms. The van der Waals surface area contributed by atoms with Crippen LogP contribution in [0.4, 0.5) is 0 Å². The van der Waals surface area contributed by atoms with Gasteiger partial charge in [-0.15, -0.1) is 0 Å². The minimum atomic E-state index is -0.366. The SMILES string of the molecule is COC(=O)c1cncn1CCCN. The van der Waals surface area contributed by atoms with E-state index >= 15 is 0 Å². The molecule has 0 saturated heterocycles. The van der Waals surface area contributed by atoms with Crippen LogP contribution in [0.3, 0.4) is 0 Å². The Morgan fingerprint density at radius 2 is 2.54 bits per heavy atom. The van der Waals surface area contributed by atoms with Crippen molar-refractivity contribution in [3.63, 3.8) is 0 Å². The number of nitrogens with zero attached hydrogens (tertiary/aromatic N) is 2. The number of carbonyl (C=O) groups is 1. The monoisotopic (exact) mass is 183 g/mol. The summed E-state index contributed by atoms with van der Waals surface area (Å²) < 4.78 is 6.32. The molecule has 0 aromatic carbocycles. The van der Waals surface area contributed by atoms with Gasteiger partial charge in [0.15, 0.2) is 0 Å². The van der Waals surface area contributed by atoms with E-state index in [1.54, 1.807) is 10.9 Å². The van der Waals surface area contributed by atoms with Crippen LogP contribution in [-0.2, 0) is 11.3 Å². The molecule has 0 saturated carbocycles. The smallest absolute Gasteiger partial charge is 0.356 e. The average Bonchev–Trinajstić information content (AvgIpc) is 2.61. The summed E-state index contributed by atoms with van der Waals surface area (Å²) in [6, 6.07) is 0. The second-order valence-electron chi connectivity index (χ2n) is 2.61. The summed E-state index contributed by atoms with van der Waals surface area (Å²) >= 11 is 0. The lowest BCUT2D eigenvalue weighted by Gasteiger charge is -2.04. The number of carbonyl (C=O) groups excluding carboxylic acids is 1. The van der Waals surface area contributed by atoms with Gasteiger partial charge in [0.1, 0.15) is 5.69 Å². The molecule has 2 N–H and O–H groups in total. The van der Waals surface area contributed by atoms with E-state index in [9.17, 15) is 4.79 Å². The summed E-state index contributed by atoms with van der Waals surface area (Å²) in [5, 5.41) is 0. The number of rotatable bonds is 4. The molecule has 1 aromatic rings. The van der Waals surface area contributed by atoms with Gasteiger partial charge < -0.3 is 15.0 Å². The van der Waals surface area contributed by atoms with Gasteiger partial charge in [0.05, 0.1) is 19.6 Å². The molecule has 0 aliphatic carbocycles. The number of methoxy groups -OCH3 is 1. The summed E-state index contributed by atoms with van der Waals surface area (Å²) in [6.45, 7) is 1.29. The van der Waals surface area contributed by atoms with Crippen molar-refractivity contribution >= 4 is 5.97 Å². The number of ether oxygens (including phenoxy) is 1. The van der Waals surface area contributed by atoms with Gasteiger partial charge in [-0.3, -0.25) is 0 Å². The Labute approximate surface area is 76.5 Å². The Hall–Kier alpha value is -1.36. The fourth-order valence-corrected chi connectivity index (χ4v) is 1.04. The first-order chi connectivity index (χ1) is 6.29. The van der Waals surface area contributed by atoms with Crippen LogP contribution in [0.25, 0.3) is 0 Å². The highest BCUT2D eigenvalue weighted by molar-refractivity contribution is 5.87. The minimum absolute atomic E-state index is 0.366. The average molecular weight is 183 g/mol. The number of esters is 1. The molecule has 5 heteroatoms. The molecular weight excluding hydrogens is 170 g/mol. The molecule has 0 radical (unpaired) electrons. The van der Waals surface area contributed by atoms with E-state index in [2.05, 4.69) is 9.72 Å². The van der Waals surface area contributed by atoms with Crippen molar-refractivity contribution in [1.82, 2.24) is 9.55 Å². The third kappa shape index (κ3) is 2.29. The highest BCUT2D eigenvalue weighted by Crippen LogP contribution is 2.01. The molecule has 0 amide bonds. The normalized spacial score (nSPS) is 10.0. The molecule has 1 rings (SSSR count). The zero-order valence-electron chi connectivity index (χ0n) is 7.56. The van der Waals surface area contributed by atoms with Crippen molar-refractivity contribution < 1.29 is 9.53 Å². The lowest BCUT2D eigenvalue weighted by Crippen LogP contribution is -2.12. The Kier molecular flexibility index (Phi) is 3.45. The molecule has 13 heavy (non-hydrogen) atoms. The topological polar surface area (TPSA) is 70.1 Å². The van der Waals surface area contributed by atoms with Crippen LogP contribution < -0.4 is 5.73 Å². The Morgan fingerprint density at radius 3 is 3.15 bits per heavy atom. The number of imidazole rings is 1. The molecule has 0 fully saturated rings. The van der Waals surface area contributed by atoms with Gasteiger partial charge in [0.25, 0.3) is 0 Å². The molecule has 0 atom stereocenters. The van der Waals surface area contributed by atoms with Crippen molar-refractivity contribution in [3.05, 3.63) is 18.2 Å². The van der Waals surface area contributed by atoms with Gasteiger partial charge in [0.2, 0.25) is 0 Å². The maximum absolute atomic E-state index is 11.1. The maximum atomic E-state index is 11.1. The van der Waals surface area contributed by atoms with Gasteiger partial charge in [0, 0.05) is 6.54 Å². The van der Waals surface area contributed by atoms with Crippen LogP contribution in [-0.4, -0.2) is 29.2 Å². The van der Waals surface area contributed by atoms with E-state index in [0.29, 0.717) is 18.8 Å². The van der Waals surface area contributed by atoms with E-state index in [0.717, 1.165) is 6.42 Å². The summed E-state index contributed by atoms with van der Waals surface area (Å²) in [5.74, 6) is -0.366. The highest BCUT2D eigenvalue weighted by Gasteiger charge is 2.10. The van der Waals surface area contributed by atoms with E-state index in [1.807, 2.05) is 0 Å². The first kappa shape index (κ1) is 9.73. The number of aromatic nitrogens is 2. The van der Waals surface area contributed by atoms with Gasteiger partial charge in [-0.1, -0.05) is 0 Å². The Balaban J connectivity index is 2.71. The van der Waals surface area contributed by atoms with Gasteiger partial charge >= 0.3 is 5.97 Å². The van der Waals surface area contributed by atoms with Crippen LogP contribution in [0.1, 0.15) is 16.9 Å². The van der Waals surface area contributed by atoms with Crippen LogP contribution in [0.15, 0.2) is 12.5 Å². The lowest BCUT2D eigenvalue weighted by atomic mass is 10.4. The highest BCUT2D eigenvalue weighted by atomic mass is 16.5. The van der Waals surface area contributed by atoms with Crippen molar-refractivity contribution in [1.29, 1.82) is 0 Å². The maximum Gasteiger partial charge on any atom is 0.356 e. The summed E-state index contributed by atoms with van der Waals surface area (Å²) in [5.41, 5.74) is 5.82. The van der Waals surface area contributed by atoms with Gasteiger partial charge in [-0.25, -0.2) is 9.78 Å².